The van der Waals surface area contributed by atoms with Gasteiger partial charge in [-0.15, -0.1) is 0 Å². The second kappa shape index (κ2) is 13.5. The van der Waals surface area contributed by atoms with Crippen molar-refractivity contribution in [3.8, 4) is 11.8 Å². The lowest BCUT2D eigenvalue weighted by molar-refractivity contribution is -0.126. The standard InChI is InChI=1S/C28H35N3O5/c1-18(2)31(19(3)4)16-26(35)29-24-14-10-22(11-15-24)7-6-21-8-12-23(13-9-21)28(36)30-27(20(5)33)25(34)17-32/h8-15,18-20,27,32-33H,16-17H2,1-5H3,(H,29,35)(H,30,36)/t20-,27+/m1/s1. The second-order valence-corrected chi connectivity index (χ2v) is 9.13. The lowest BCUT2D eigenvalue weighted by atomic mass is 10.1. The zero-order chi connectivity index (χ0) is 26.8. The van der Waals surface area contributed by atoms with Crippen LogP contribution in [0.25, 0.3) is 0 Å². The fraction of sp³-hybridized carbons (Fsp3) is 0.393. The molecule has 2 atom stereocenters. The van der Waals surface area contributed by atoms with E-state index in [1.165, 1.54) is 6.92 Å². The quantitative estimate of drug-likeness (QED) is 0.377. The molecular formula is C28H35N3O5. The number of nitrogens with zero attached hydrogens (tertiary/aromatic N) is 1. The van der Waals surface area contributed by atoms with E-state index in [0.29, 0.717) is 23.4 Å². The van der Waals surface area contributed by atoms with Crippen molar-refractivity contribution in [1.29, 1.82) is 0 Å². The highest BCUT2D eigenvalue weighted by atomic mass is 16.3. The summed E-state index contributed by atoms with van der Waals surface area (Å²) in [6.45, 7) is 9.18. The summed E-state index contributed by atoms with van der Waals surface area (Å²) in [6, 6.07) is 13.1. The van der Waals surface area contributed by atoms with Crippen LogP contribution in [0.2, 0.25) is 0 Å². The van der Waals surface area contributed by atoms with Crippen LogP contribution in [-0.2, 0) is 9.59 Å². The van der Waals surface area contributed by atoms with Gasteiger partial charge in [0, 0.05) is 34.5 Å². The molecule has 0 aliphatic carbocycles. The third kappa shape index (κ3) is 8.61. The molecule has 0 bridgehead atoms. The monoisotopic (exact) mass is 493 g/mol. The highest BCUT2D eigenvalue weighted by molar-refractivity contribution is 5.98. The summed E-state index contributed by atoms with van der Waals surface area (Å²) in [5.41, 5.74) is 2.45. The Morgan fingerprint density at radius 2 is 1.36 bits per heavy atom. The Morgan fingerprint density at radius 3 is 1.81 bits per heavy atom. The molecule has 0 aliphatic rings. The zero-order valence-corrected chi connectivity index (χ0v) is 21.4. The molecule has 192 valence electrons. The van der Waals surface area contributed by atoms with Gasteiger partial charge < -0.3 is 20.8 Å². The number of carbonyl (C=O) groups is 3. The van der Waals surface area contributed by atoms with Crippen LogP contribution in [0.1, 0.15) is 56.1 Å². The molecule has 0 saturated heterocycles. The number of anilines is 1. The predicted molar refractivity (Wildman–Crippen MR) is 139 cm³/mol. The van der Waals surface area contributed by atoms with Crippen molar-refractivity contribution < 1.29 is 24.6 Å². The maximum Gasteiger partial charge on any atom is 0.251 e. The average Bonchev–Trinajstić information content (AvgIpc) is 2.84. The van der Waals surface area contributed by atoms with E-state index in [-0.39, 0.29) is 18.0 Å². The molecule has 0 aliphatic heterocycles. The number of amides is 2. The Labute approximate surface area is 212 Å². The molecule has 0 saturated carbocycles. The van der Waals surface area contributed by atoms with Crippen LogP contribution in [-0.4, -0.2) is 70.1 Å². The van der Waals surface area contributed by atoms with Gasteiger partial charge in [-0.05, 0) is 83.1 Å². The van der Waals surface area contributed by atoms with Gasteiger partial charge in [-0.1, -0.05) is 11.8 Å². The van der Waals surface area contributed by atoms with Crippen molar-refractivity contribution in [2.45, 2.75) is 58.8 Å². The minimum absolute atomic E-state index is 0.0687. The first-order valence-corrected chi connectivity index (χ1v) is 11.9. The largest absolute Gasteiger partial charge is 0.391 e. The van der Waals surface area contributed by atoms with Crippen LogP contribution in [0.4, 0.5) is 5.69 Å². The third-order valence-electron chi connectivity index (χ3n) is 5.59. The van der Waals surface area contributed by atoms with Gasteiger partial charge in [-0.2, -0.15) is 0 Å². The summed E-state index contributed by atoms with van der Waals surface area (Å²) >= 11 is 0. The Balaban J connectivity index is 1.99. The van der Waals surface area contributed by atoms with E-state index in [1.807, 2.05) is 12.1 Å². The van der Waals surface area contributed by atoms with E-state index in [2.05, 4.69) is 55.1 Å². The summed E-state index contributed by atoms with van der Waals surface area (Å²) in [5.74, 6) is 4.79. The molecule has 4 N–H and O–H groups in total. The van der Waals surface area contributed by atoms with Crippen molar-refractivity contribution in [2.75, 3.05) is 18.5 Å². The second-order valence-electron chi connectivity index (χ2n) is 9.13. The minimum atomic E-state index is -1.18. The average molecular weight is 494 g/mol. The molecule has 0 heterocycles. The summed E-state index contributed by atoms with van der Waals surface area (Å²) in [5, 5.41) is 24.0. The van der Waals surface area contributed by atoms with E-state index in [1.54, 1.807) is 36.4 Å². The lowest BCUT2D eigenvalue weighted by Gasteiger charge is -2.29. The summed E-state index contributed by atoms with van der Waals surface area (Å²) < 4.78 is 0. The molecule has 0 aromatic heterocycles. The molecule has 0 spiro atoms. The van der Waals surface area contributed by atoms with Gasteiger partial charge in [0.2, 0.25) is 5.91 Å². The number of ketones is 1. The first-order valence-electron chi connectivity index (χ1n) is 11.9. The number of hydrogen-bond donors (Lipinski definition) is 4. The summed E-state index contributed by atoms with van der Waals surface area (Å²) in [6.07, 6.45) is -1.13. The van der Waals surface area contributed by atoms with E-state index < -0.39 is 30.4 Å². The number of benzene rings is 2. The number of hydrogen-bond acceptors (Lipinski definition) is 6. The van der Waals surface area contributed by atoms with Crippen LogP contribution in [0.3, 0.4) is 0 Å². The molecule has 0 unspecified atom stereocenters. The number of nitrogens with one attached hydrogen (secondary N) is 2. The Hall–Kier alpha value is -3.51. The maximum atomic E-state index is 12.4. The predicted octanol–water partition coefficient (Wildman–Crippen LogP) is 2.18. The summed E-state index contributed by atoms with van der Waals surface area (Å²) in [4.78, 5) is 38.6. The number of aliphatic hydroxyl groups excluding tert-OH is 2. The van der Waals surface area contributed by atoms with Gasteiger partial charge in [0.15, 0.2) is 5.78 Å². The number of aliphatic hydroxyl groups is 2. The van der Waals surface area contributed by atoms with Crippen molar-refractivity contribution in [1.82, 2.24) is 10.2 Å². The van der Waals surface area contributed by atoms with E-state index in [9.17, 15) is 19.5 Å². The van der Waals surface area contributed by atoms with E-state index >= 15 is 0 Å². The van der Waals surface area contributed by atoms with Gasteiger partial charge in [0.1, 0.15) is 12.6 Å². The highest BCUT2D eigenvalue weighted by Gasteiger charge is 2.25. The molecule has 2 rings (SSSR count). The minimum Gasteiger partial charge on any atom is -0.391 e. The fourth-order valence-corrected chi connectivity index (χ4v) is 3.61. The smallest absolute Gasteiger partial charge is 0.251 e. The van der Waals surface area contributed by atoms with Gasteiger partial charge >= 0.3 is 0 Å². The number of rotatable bonds is 10. The number of carbonyl (C=O) groups excluding carboxylic acids is 3. The highest BCUT2D eigenvalue weighted by Crippen LogP contribution is 2.11. The topological polar surface area (TPSA) is 119 Å². The Kier molecular flexibility index (Phi) is 10.8. The SMILES string of the molecule is CC(C)N(CC(=O)Nc1ccc(C#Cc2ccc(C(=O)N[C@H](C(=O)CO)[C@@H](C)O)cc2)cc1)C(C)C. The van der Waals surface area contributed by atoms with Crippen LogP contribution < -0.4 is 10.6 Å². The first-order chi connectivity index (χ1) is 17.0. The molecule has 0 radical (unpaired) electrons. The molecule has 0 fully saturated rings. The first kappa shape index (κ1) is 28.7. The van der Waals surface area contributed by atoms with Crippen molar-refractivity contribution in [2.24, 2.45) is 0 Å². The van der Waals surface area contributed by atoms with Gasteiger partial charge in [0.25, 0.3) is 5.91 Å². The molecular weight excluding hydrogens is 458 g/mol. The molecule has 2 aromatic carbocycles. The Morgan fingerprint density at radius 1 is 0.861 bits per heavy atom. The molecule has 8 nitrogen and oxygen atoms in total. The van der Waals surface area contributed by atoms with Crippen molar-refractivity contribution in [3.05, 3.63) is 65.2 Å². The van der Waals surface area contributed by atoms with Crippen LogP contribution in [0.5, 0.6) is 0 Å². The van der Waals surface area contributed by atoms with Gasteiger partial charge in [0.05, 0.1) is 12.6 Å². The molecule has 2 aromatic rings. The molecule has 8 heteroatoms. The van der Waals surface area contributed by atoms with Crippen molar-refractivity contribution >= 4 is 23.3 Å². The van der Waals surface area contributed by atoms with Crippen LogP contribution in [0, 0.1) is 11.8 Å². The van der Waals surface area contributed by atoms with Gasteiger partial charge in [-0.25, -0.2) is 0 Å². The van der Waals surface area contributed by atoms with Crippen molar-refractivity contribution in [3.63, 3.8) is 0 Å². The summed E-state index contributed by atoms with van der Waals surface area (Å²) in [7, 11) is 0. The Bertz CT molecular complexity index is 1090. The van der Waals surface area contributed by atoms with Crippen LogP contribution >= 0.6 is 0 Å². The van der Waals surface area contributed by atoms with E-state index in [0.717, 1.165) is 5.56 Å². The number of Topliss-reactive ketones (excluding diaryl/α,β-unsaturated/α-hetero) is 1. The molecule has 36 heavy (non-hydrogen) atoms. The van der Waals surface area contributed by atoms with Crippen LogP contribution in [0.15, 0.2) is 48.5 Å². The normalized spacial score (nSPS) is 12.6. The van der Waals surface area contributed by atoms with Gasteiger partial charge in [-0.3, -0.25) is 19.3 Å². The maximum absolute atomic E-state index is 12.4. The molecule has 2 amide bonds. The fourth-order valence-electron chi connectivity index (χ4n) is 3.61. The van der Waals surface area contributed by atoms with E-state index in [4.69, 9.17) is 5.11 Å². The zero-order valence-electron chi connectivity index (χ0n) is 21.4. The lowest BCUT2D eigenvalue weighted by Crippen LogP contribution is -2.48. The third-order valence-corrected chi connectivity index (χ3v) is 5.59.